The minimum absolute atomic E-state index is 0.0394. The molecule has 2 aliphatic heterocycles. The van der Waals surface area contributed by atoms with Gasteiger partial charge in [-0.1, -0.05) is 0 Å². The maximum absolute atomic E-state index is 11.2. The van der Waals surface area contributed by atoms with E-state index < -0.39 is 41.8 Å². The largest absolute Gasteiger partial charge is 0.479 e. The fraction of sp³-hybridized carbons (Fsp3) is 0.571. The molecule has 0 bridgehead atoms. The second-order valence-corrected chi connectivity index (χ2v) is 6.74. The quantitative estimate of drug-likeness (QED) is 0.380. The first-order chi connectivity index (χ1) is 12.5. The van der Waals surface area contributed by atoms with Crippen molar-refractivity contribution in [1.29, 1.82) is 0 Å². The van der Waals surface area contributed by atoms with E-state index in [9.17, 15) is 20.1 Å². The van der Waals surface area contributed by atoms with Crippen LogP contribution in [0, 0.1) is 0 Å². The zero-order valence-electron chi connectivity index (χ0n) is 14.2. The lowest BCUT2D eigenvalue weighted by Gasteiger charge is -2.32. The number of anilines is 1. The SMILES string of the molecule is CC1(C)O[C@@]2(n3cnc4c(N)ncnc43)O[C@H](C(O)C(=O)O)[C@@H](O)[C@]2(O)O1. The Labute approximate surface area is 150 Å². The van der Waals surface area contributed by atoms with E-state index in [0.717, 1.165) is 17.2 Å². The van der Waals surface area contributed by atoms with Crippen LogP contribution >= 0.6 is 0 Å². The van der Waals surface area contributed by atoms with Gasteiger partial charge in [0, 0.05) is 0 Å². The zero-order chi connectivity index (χ0) is 19.8. The topological polar surface area (TPSA) is 195 Å². The van der Waals surface area contributed by atoms with Crippen LogP contribution in [0.3, 0.4) is 0 Å². The average molecular weight is 383 g/mol. The van der Waals surface area contributed by atoms with Gasteiger partial charge in [0.15, 0.2) is 23.4 Å². The maximum atomic E-state index is 11.2. The van der Waals surface area contributed by atoms with Crippen LogP contribution in [0.5, 0.6) is 0 Å². The van der Waals surface area contributed by atoms with E-state index in [4.69, 9.17) is 25.1 Å². The number of carboxylic acid groups (broad SMARTS) is 1. The highest BCUT2D eigenvalue weighted by molar-refractivity contribution is 5.81. The van der Waals surface area contributed by atoms with Crippen LogP contribution in [0.25, 0.3) is 11.2 Å². The Kier molecular flexibility index (Phi) is 3.53. The van der Waals surface area contributed by atoms with Gasteiger partial charge < -0.3 is 35.6 Å². The number of aliphatic carboxylic acids is 1. The van der Waals surface area contributed by atoms with E-state index in [1.165, 1.54) is 13.8 Å². The number of fused-ring (bicyclic) bond motifs is 2. The number of imidazole rings is 1. The molecule has 6 N–H and O–H groups in total. The first kappa shape index (κ1) is 18.0. The highest BCUT2D eigenvalue weighted by Gasteiger charge is 2.78. The monoisotopic (exact) mass is 383 g/mol. The molecule has 0 spiro atoms. The summed E-state index contributed by atoms with van der Waals surface area (Å²) in [6.45, 7) is 2.90. The van der Waals surface area contributed by atoms with Crippen LogP contribution in [0.15, 0.2) is 12.7 Å². The Hall–Kier alpha value is -2.42. The van der Waals surface area contributed by atoms with Gasteiger partial charge in [-0.2, -0.15) is 0 Å². The molecule has 2 fully saturated rings. The van der Waals surface area contributed by atoms with Gasteiger partial charge in [-0.05, 0) is 13.8 Å². The summed E-state index contributed by atoms with van der Waals surface area (Å²) in [5.74, 6) is -7.97. The number of hydrogen-bond donors (Lipinski definition) is 5. The van der Waals surface area contributed by atoms with Crippen molar-refractivity contribution in [2.24, 2.45) is 0 Å². The van der Waals surface area contributed by atoms with Crippen LogP contribution in [-0.2, 0) is 24.9 Å². The van der Waals surface area contributed by atoms with Gasteiger partial charge >= 0.3 is 11.9 Å². The number of aliphatic hydroxyl groups is 3. The summed E-state index contributed by atoms with van der Waals surface area (Å²) in [5, 5.41) is 40.7. The molecule has 2 aromatic heterocycles. The van der Waals surface area contributed by atoms with Crippen LogP contribution in [0.1, 0.15) is 13.8 Å². The Balaban J connectivity index is 1.93. The van der Waals surface area contributed by atoms with Crippen LogP contribution in [-0.4, -0.2) is 75.8 Å². The standard InChI is InChI=1S/C14H17N5O8/c1-12(2)26-13(24)8(21)7(6(20)11(22)23)25-14(13,27-12)19-4-18-5-9(15)16-3-17-10(5)19/h3-4,6-8,20-21,24H,1-2H3,(H,22,23)(H2,15,16,17)/t6?,7-,8-,13+,14+/m1/s1. The lowest BCUT2D eigenvalue weighted by atomic mass is 10.0. The Morgan fingerprint density at radius 3 is 2.70 bits per heavy atom. The molecule has 2 aromatic rings. The number of aliphatic hydroxyl groups excluding tert-OH is 2. The highest BCUT2D eigenvalue weighted by atomic mass is 16.9. The lowest BCUT2D eigenvalue weighted by molar-refractivity contribution is -0.333. The third-order valence-corrected chi connectivity index (χ3v) is 4.49. The number of aromatic nitrogens is 4. The molecule has 27 heavy (non-hydrogen) atoms. The van der Waals surface area contributed by atoms with Gasteiger partial charge in [-0.15, -0.1) is 0 Å². The van der Waals surface area contributed by atoms with E-state index in [2.05, 4.69) is 15.0 Å². The van der Waals surface area contributed by atoms with Crippen molar-refractivity contribution in [3.05, 3.63) is 12.7 Å². The van der Waals surface area contributed by atoms with E-state index in [0.29, 0.717) is 0 Å². The predicted molar refractivity (Wildman–Crippen MR) is 83.4 cm³/mol. The molecule has 13 heteroatoms. The summed E-state index contributed by atoms with van der Waals surface area (Å²) in [6, 6.07) is 0. The normalized spacial score (nSPS) is 36.0. The second-order valence-electron chi connectivity index (χ2n) is 6.74. The first-order valence-corrected chi connectivity index (χ1v) is 7.86. The zero-order valence-corrected chi connectivity index (χ0v) is 14.2. The van der Waals surface area contributed by atoms with E-state index in [-0.39, 0.29) is 17.0 Å². The van der Waals surface area contributed by atoms with Crippen molar-refractivity contribution in [2.45, 2.75) is 49.6 Å². The molecule has 5 atom stereocenters. The molecular formula is C14H17N5O8. The van der Waals surface area contributed by atoms with Crippen molar-refractivity contribution in [3.63, 3.8) is 0 Å². The Morgan fingerprint density at radius 2 is 2.04 bits per heavy atom. The highest BCUT2D eigenvalue weighted by Crippen LogP contribution is 2.55. The van der Waals surface area contributed by atoms with Crippen molar-refractivity contribution < 1.29 is 39.4 Å². The molecule has 13 nitrogen and oxygen atoms in total. The molecule has 2 aliphatic rings. The number of nitrogen functional groups attached to an aromatic ring is 1. The van der Waals surface area contributed by atoms with E-state index in [1.807, 2.05) is 0 Å². The summed E-state index contributed by atoms with van der Waals surface area (Å²) >= 11 is 0. The maximum Gasteiger partial charge on any atom is 0.335 e. The molecule has 4 rings (SSSR count). The summed E-state index contributed by atoms with van der Waals surface area (Å²) in [4.78, 5) is 23.1. The fourth-order valence-electron chi connectivity index (χ4n) is 3.42. The fourth-order valence-corrected chi connectivity index (χ4v) is 3.42. The average Bonchev–Trinajstić information content (AvgIpc) is 3.15. The van der Waals surface area contributed by atoms with Crippen molar-refractivity contribution in [2.75, 3.05) is 5.73 Å². The van der Waals surface area contributed by atoms with Gasteiger partial charge in [0.05, 0.1) is 0 Å². The van der Waals surface area contributed by atoms with E-state index >= 15 is 0 Å². The van der Waals surface area contributed by atoms with Crippen LogP contribution < -0.4 is 5.73 Å². The van der Waals surface area contributed by atoms with Gasteiger partial charge in [-0.3, -0.25) is 9.30 Å². The van der Waals surface area contributed by atoms with Gasteiger partial charge in [0.2, 0.25) is 0 Å². The number of nitrogens with zero attached hydrogens (tertiary/aromatic N) is 4. The molecule has 0 aromatic carbocycles. The third kappa shape index (κ3) is 2.20. The first-order valence-electron chi connectivity index (χ1n) is 7.86. The second kappa shape index (κ2) is 5.31. The Morgan fingerprint density at radius 1 is 1.33 bits per heavy atom. The van der Waals surface area contributed by atoms with Crippen molar-refractivity contribution >= 4 is 23.0 Å². The molecule has 4 heterocycles. The molecular weight excluding hydrogens is 366 g/mol. The third-order valence-electron chi connectivity index (χ3n) is 4.49. The summed E-state index contributed by atoms with van der Waals surface area (Å²) in [5.41, 5.74) is 5.99. The number of carbonyl (C=O) groups is 1. The number of hydrogen-bond acceptors (Lipinski definition) is 11. The van der Waals surface area contributed by atoms with Crippen LogP contribution in [0.4, 0.5) is 5.82 Å². The molecule has 146 valence electrons. The van der Waals surface area contributed by atoms with Gasteiger partial charge in [0.1, 0.15) is 30.4 Å². The van der Waals surface area contributed by atoms with Gasteiger partial charge in [-0.25, -0.2) is 19.7 Å². The number of carboxylic acids is 1. The minimum Gasteiger partial charge on any atom is -0.479 e. The number of ether oxygens (including phenoxy) is 3. The molecule has 0 radical (unpaired) electrons. The van der Waals surface area contributed by atoms with Crippen LogP contribution in [0.2, 0.25) is 0 Å². The predicted octanol–water partition coefficient (Wildman–Crippen LogP) is -2.30. The minimum atomic E-state index is -2.59. The number of rotatable bonds is 3. The Bertz CT molecular complexity index is 933. The molecule has 0 amide bonds. The molecule has 1 unspecified atom stereocenters. The summed E-state index contributed by atoms with van der Waals surface area (Å²) in [7, 11) is 0. The molecule has 0 saturated carbocycles. The summed E-state index contributed by atoms with van der Waals surface area (Å²) < 4.78 is 17.9. The number of nitrogens with two attached hydrogens (primary N) is 1. The smallest absolute Gasteiger partial charge is 0.335 e. The molecule has 2 saturated heterocycles. The molecule has 0 aliphatic carbocycles. The van der Waals surface area contributed by atoms with Crippen molar-refractivity contribution in [1.82, 2.24) is 19.5 Å². The lowest BCUT2D eigenvalue weighted by Crippen LogP contribution is -2.56. The van der Waals surface area contributed by atoms with E-state index in [1.54, 1.807) is 0 Å². The van der Waals surface area contributed by atoms with Crippen molar-refractivity contribution in [3.8, 4) is 0 Å². The summed E-state index contributed by atoms with van der Waals surface area (Å²) in [6.07, 6.45) is -3.63. The van der Waals surface area contributed by atoms with Gasteiger partial charge in [0.25, 0.3) is 5.79 Å².